The Bertz CT molecular complexity index is 682. The summed E-state index contributed by atoms with van der Waals surface area (Å²) in [5, 5.41) is 2.96. The van der Waals surface area contributed by atoms with Crippen LogP contribution >= 0.6 is 0 Å². The number of amides is 1. The van der Waals surface area contributed by atoms with Crippen molar-refractivity contribution >= 4 is 5.91 Å². The molecule has 2 aromatic rings. The number of oxazole rings is 1. The van der Waals surface area contributed by atoms with Crippen LogP contribution in [0.2, 0.25) is 0 Å². The average molecular weight is 327 g/mol. The molecule has 0 spiro atoms. The predicted octanol–water partition coefficient (Wildman–Crippen LogP) is 2.93. The number of aromatic nitrogens is 1. The molecule has 1 aromatic carbocycles. The maximum atomic E-state index is 11.9. The van der Waals surface area contributed by atoms with Gasteiger partial charge in [0.2, 0.25) is 5.76 Å². The highest BCUT2D eigenvalue weighted by Gasteiger charge is 2.21. The lowest BCUT2D eigenvalue weighted by atomic mass is 9.97. The van der Waals surface area contributed by atoms with Crippen LogP contribution in [0.3, 0.4) is 0 Å². The number of carbonyl (C=O) groups is 1. The molecule has 0 unspecified atom stereocenters. The van der Waals surface area contributed by atoms with Crippen LogP contribution < -0.4 is 5.32 Å². The van der Waals surface area contributed by atoms with E-state index in [4.69, 9.17) is 4.42 Å². The van der Waals surface area contributed by atoms with Crippen LogP contribution in [0.4, 0.5) is 0 Å². The molecule has 1 saturated heterocycles. The molecular weight excluding hydrogens is 302 g/mol. The van der Waals surface area contributed by atoms with Crippen molar-refractivity contribution in [2.24, 2.45) is 5.92 Å². The Kier molecular flexibility index (Phi) is 5.30. The molecule has 0 bridgehead atoms. The molecule has 1 aliphatic heterocycles. The fraction of sp³-hybridized carbons (Fsp3) is 0.474. The first-order chi connectivity index (χ1) is 11.6. The molecule has 0 aliphatic carbocycles. The molecule has 0 radical (unpaired) electrons. The molecule has 0 saturated carbocycles. The van der Waals surface area contributed by atoms with Gasteiger partial charge >= 0.3 is 0 Å². The van der Waals surface area contributed by atoms with Crippen LogP contribution in [0.1, 0.15) is 40.1 Å². The number of carbonyl (C=O) groups excluding carboxylic acids is 1. The van der Waals surface area contributed by atoms with Crippen molar-refractivity contribution in [1.29, 1.82) is 0 Å². The maximum absolute atomic E-state index is 11.9. The fourth-order valence-corrected chi connectivity index (χ4v) is 3.27. The Morgan fingerprint density at radius 2 is 2.25 bits per heavy atom. The van der Waals surface area contributed by atoms with E-state index in [1.165, 1.54) is 35.7 Å². The van der Waals surface area contributed by atoms with Gasteiger partial charge in [0.1, 0.15) is 0 Å². The monoisotopic (exact) mass is 327 g/mol. The van der Waals surface area contributed by atoms with E-state index in [-0.39, 0.29) is 11.7 Å². The van der Waals surface area contributed by atoms with E-state index >= 15 is 0 Å². The molecule has 1 aromatic heterocycles. The molecule has 1 aliphatic rings. The van der Waals surface area contributed by atoms with Gasteiger partial charge in [-0.3, -0.25) is 9.69 Å². The van der Waals surface area contributed by atoms with Gasteiger partial charge in [0, 0.05) is 19.6 Å². The van der Waals surface area contributed by atoms with Gasteiger partial charge in [0.25, 0.3) is 5.91 Å². The van der Waals surface area contributed by atoms with Gasteiger partial charge in [-0.1, -0.05) is 18.2 Å². The summed E-state index contributed by atoms with van der Waals surface area (Å²) in [7, 11) is 0. The van der Waals surface area contributed by atoms with Gasteiger partial charge in [-0.15, -0.1) is 0 Å². The SMILES string of the molecule is Cc1ccc(CN2CCC[C@H](CNC(=O)c3cnco3)C2)cc1C. The van der Waals surface area contributed by atoms with Crippen LogP contribution in [-0.2, 0) is 6.54 Å². The number of aryl methyl sites for hydroxylation is 2. The van der Waals surface area contributed by atoms with Crippen molar-refractivity contribution in [3.05, 3.63) is 53.2 Å². The van der Waals surface area contributed by atoms with Crippen LogP contribution in [-0.4, -0.2) is 35.4 Å². The van der Waals surface area contributed by atoms with E-state index in [0.717, 1.165) is 26.1 Å². The molecule has 5 nitrogen and oxygen atoms in total. The Labute approximate surface area is 143 Å². The van der Waals surface area contributed by atoms with Crippen LogP contribution in [0.15, 0.2) is 35.2 Å². The molecule has 1 N–H and O–H groups in total. The summed E-state index contributed by atoms with van der Waals surface area (Å²) in [4.78, 5) is 18.2. The highest BCUT2D eigenvalue weighted by Crippen LogP contribution is 2.19. The van der Waals surface area contributed by atoms with Crippen molar-refractivity contribution in [1.82, 2.24) is 15.2 Å². The number of benzene rings is 1. The Morgan fingerprint density at radius 3 is 3.00 bits per heavy atom. The first-order valence-corrected chi connectivity index (χ1v) is 8.57. The van der Waals surface area contributed by atoms with Gasteiger partial charge in [0.15, 0.2) is 6.39 Å². The van der Waals surface area contributed by atoms with Gasteiger partial charge in [0.05, 0.1) is 6.20 Å². The third-order valence-electron chi connectivity index (χ3n) is 4.79. The normalized spacial score (nSPS) is 18.5. The molecule has 3 rings (SSSR count). The zero-order valence-electron chi connectivity index (χ0n) is 14.4. The Hall–Kier alpha value is -2.14. The molecular formula is C19H25N3O2. The third-order valence-corrected chi connectivity index (χ3v) is 4.79. The summed E-state index contributed by atoms with van der Waals surface area (Å²) in [6.07, 6.45) is 5.05. The van der Waals surface area contributed by atoms with E-state index in [0.29, 0.717) is 12.5 Å². The lowest BCUT2D eigenvalue weighted by Gasteiger charge is -2.32. The summed E-state index contributed by atoms with van der Waals surface area (Å²) < 4.78 is 5.02. The molecule has 2 heterocycles. The summed E-state index contributed by atoms with van der Waals surface area (Å²) in [6.45, 7) is 8.11. The molecule has 128 valence electrons. The largest absolute Gasteiger partial charge is 0.438 e. The number of nitrogens with zero attached hydrogens (tertiary/aromatic N) is 2. The van der Waals surface area contributed by atoms with Crippen LogP contribution in [0.5, 0.6) is 0 Å². The first-order valence-electron chi connectivity index (χ1n) is 8.57. The van der Waals surface area contributed by atoms with E-state index in [1.54, 1.807) is 0 Å². The topological polar surface area (TPSA) is 58.4 Å². The maximum Gasteiger partial charge on any atom is 0.288 e. The lowest BCUT2D eigenvalue weighted by Crippen LogP contribution is -2.40. The van der Waals surface area contributed by atoms with Gasteiger partial charge in [-0.05, 0) is 55.8 Å². The van der Waals surface area contributed by atoms with Crippen molar-refractivity contribution in [3.63, 3.8) is 0 Å². The standard InChI is InChI=1S/C19H25N3O2/c1-14-5-6-16(8-15(14)2)11-22-7-3-4-17(12-22)9-21-19(23)18-10-20-13-24-18/h5-6,8,10,13,17H,3-4,7,9,11-12H2,1-2H3,(H,21,23)/t17-/m1/s1. The van der Waals surface area contributed by atoms with Crippen LogP contribution in [0, 0.1) is 19.8 Å². The minimum absolute atomic E-state index is 0.182. The van der Waals surface area contributed by atoms with Gasteiger partial charge in [-0.2, -0.15) is 0 Å². The average Bonchev–Trinajstić information content (AvgIpc) is 3.11. The number of rotatable bonds is 5. The smallest absolute Gasteiger partial charge is 0.288 e. The minimum Gasteiger partial charge on any atom is -0.438 e. The number of hydrogen-bond acceptors (Lipinski definition) is 4. The summed E-state index contributed by atoms with van der Waals surface area (Å²) in [5.74, 6) is 0.578. The highest BCUT2D eigenvalue weighted by molar-refractivity contribution is 5.90. The van der Waals surface area contributed by atoms with E-state index in [2.05, 4.69) is 47.2 Å². The van der Waals surface area contributed by atoms with E-state index in [9.17, 15) is 4.79 Å². The van der Waals surface area contributed by atoms with E-state index < -0.39 is 0 Å². The zero-order valence-corrected chi connectivity index (χ0v) is 14.4. The summed E-state index contributed by atoms with van der Waals surface area (Å²) >= 11 is 0. The second kappa shape index (κ2) is 7.62. The second-order valence-electron chi connectivity index (χ2n) is 6.74. The third kappa shape index (κ3) is 4.23. The predicted molar refractivity (Wildman–Crippen MR) is 92.8 cm³/mol. The lowest BCUT2D eigenvalue weighted by molar-refractivity contribution is 0.0903. The first kappa shape index (κ1) is 16.7. The number of hydrogen-bond donors (Lipinski definition) is 1. The zero-order chi connectivity index (χ0) is 16.9. The van der Waals surface area contributed by atoms with Crippen molar-refractivity contribution in [3.8, 4) is 0 Å². The summed E-state index contributed by atoms with van der Waals surface area (Å²) in [5.41, 5.74) is 4.05. The second-order valence-corrected chi connectivity index (χ2v) is 6.74. The summed E-state index contributed by atoms with van der Waals surface area (Å²) in [6, 6.07) is 6.70. The molecule has 1 amide bonds. The molecule has 5 heteroatoms. The quantitative estimate of drug-likeness (QED) is 0.917. The van der Waals surface area contributed by atoms with Crippen LogP contribution in [0.25, 0.3) is 0 Å². The van der Waals surface area contributed by atoms with Crippen molar-refractivity contribution in [2.45, 2.75) is 33.2 Å². The Morgan fingerprint density at radius 1 is 1.38 bits per heavy atom. The fourth-order valence-electron chi connectivity index (χ4n) is 3.27. The van der Waals surface area contributed by atoms with Crippen molar-refractivity contribution in [2.75, 3.05) is 19.6 Å². The van der Waals surface area contributed by atoms with E-state index in [1.807, 2.05) is 0 Å². The number of likely N-dealkylation sites (tertiary alicyclic amines) is 1. The number of piperidine rings is 1. The minimum atomic E-state index is -0.182. The molecule has 1 fully saturated rings. The van der Waals surface area contributed by atoms with Gasteiger partial charge in [-0.25, -0.2) is 4.98 Å². The molecule has 1 atom stereocenters. The number of nitrogens with one attached hydrogen (secondary N) is 1. The van der Waals surface area contributed by atoms with Crippen molar-refractivity contribution < 1.29 is 9.21 Å². The Balaban J connectivity index is 1.50. The molecule has 24 heavy (non-hydrogen) atoms. The highest BCUT2D eigenvalue weighted by atomic mass is 16.3. The van der Waals surface area contributed by atoms with Gasteiger partial charge < -0.3 is 9.73 Å².